The minimum atomic E-state index is -0.827. The number of nitrogens with one attached hydrogen (secondary N) is 1. The van der Waals surface area contributed by atoms with Crippen molar-refractivity contribution in [1.29, 1.82) is 0 Å². The van der Waals surface area contributed by atoms with Crippen molar-refractivity contribution >= 4 is 23.0 Å². The fourth-order valence-corrected chi connectivity index (χ4v) is 1.77. The Morgan fingerprint density at radius 1 is 1.32 bits per heavy atom. The molecule has 0 aromatic carbocycles. The van der Waals surface area contributed by atoms with Gasteiger partial charge < -0.3 is 10.4 Å². The van der Waals surface area contributed by atoms with Crippen molar-refractivity contribution < 1.29 is 9.90 Å². The van der Waals surface area contributed by atoms with Gasteiger partial charge in [0.1, 0.15) is 11.3 Å². The van der Waals surface area contributed by atoms with Gasteiger partial charge >= 0.3 is 5.97 Å². The van der Waals surface area contributed by atoms with E-state index in [1.807, 2.05) is 19.9 Å². The number of hydrogen-bond donors (Lipinski definition) is 2. The van der Waals surface area contributed by atoms with Gasteiger partial charge in [0.05, 0.1) is 6.42 Å². The highest BCUT2D eigenvalue weighted by molar-refractivity contribution is 5.72. The Labute approximate surface area is 110 Å². The van der Waals surface area contributed by atoms with Crippen LogP contribution in [0.25, 0.3) is 11.2 Å². The first-order valence-corrected chi connectivity index (χ1v) is 6.12. The summed E-state index contributed by atoms with van der Waals surface area (Å²) < 4.78 is 0. The van der Waals surface area contributed by atoms with Crippen LogP contribution >= 0.6 is 0 Å². The second kappa shape index (κ2) is 5.60. The molecule has 0 saturated heterocycles. The number of fused-ring (bicyclic) bond motifs is 1. The Morgan fingerprint density at radius 3 is 2.74 bits per heavy atom. The quantitative estimate of drug-likeness (QED) is 0.854. The van der Waals surface area contributed by atoms with Crippen molar-refractivity contribution in [2.45, 2.75) is 26.3 Å². The number of aromatic nitrogens is 3. The molecular formula is C13H16N4O2. The Kier molecular flexibility index (Phi) is 3.89. The summed E-state index contributed by atoms with van der Waals surface area (Å²) >= 11 is 0. The highest BCUT2D eigenvalue weighted by Gasteiger charge is 2.17. The molecule has 1 unspecified atom stereocenters. The van der Waals surface area contributed by atoms with Gasteiger partial charge in [0.15, 0.2) is 5.65 Å². The SMILES string of the molecule is CC(C)C(CC(=O)O)Nc1ccc2nccnc2n1. The largest absolute Gasteiger partial charge is 0.481 e. The summed E-state index contributed by atoms with van der Waals surface area (Å²) in [5, 5.41) is 12.0. The standard InChI is InChI=1S/C13H16N4O2/c1-8(2)10(7-12(18)19)16-11-4-3-9-13(17-11)15-6-5-14-9/h3-6,8,10H,7H2,1-2H3,(H,18,19)(H,15,16,17). The third-order valence-electron chi connectivity index (χ3n) is 2.86. The van der Waals surface area contributed by atoms with E-state index < -0.39 is 5.97 Å². The minimum Gasteiger partial charge on any atom is -0.481 e. The summed E-state index contributed by atoms with van der Waals surface area (Å²) in [6, 6.07) is 3.43. The van der Waals surface area contributed by atoms with Gasteiger partial charge in [0, 0.05) is 18.4 Å². The molecule has 0 bridgehead atoms. The zero-order chi connectivity index (χ0) is 13.8. The number of anilines is 1. The second-order valence-electron chi connectivity index (χ2n) is 4.69. The van der Waals surface area contributed by atoms with E-state index in [9.17, 15) is 4.79 Å². The van der Waals surface area contributed by atoms with Crippen LogP contribution in [0.3, 0.4) is 0 Å². The number of pyridine rings is 1. The van der Waals surface area contributed by atoms with E-state index in [1.165, 1.54) is 0 Å². The molecule has 2 rings (SSSR count). The molecule has 6 nitrogen and oxygen atoms in total. The fraction of sp³-hybridized carbons (Fsp3) is 0.385. The third kappa shape index (κ3) is 3.37. The molecule has 19 heavy (non-hydrogen) atoms. The van der Waals surface area contributed by atoms with Gasteiger partial charge in [0.25, 0.3) is 0 Å². The maximum absolute atomic E-state index is 10.8. The number of rotatable bonds is 5. The lowest BCUT2D eigenvalue weighted by Gasteiger charge is -2.21. The van der Waals surface area contributed by atoms with Crippen molar-refractivity contribution in [3.63, 3.8) is 0 Å². The molecule has 1 atom stereocenters. The fourth-order valence-electron chi connectivity index (χ4n) is 1.77. The second-order valence-corrected chi connectivity index (χ2v) is 4.69. The summed E-state index contributed by atoms with van der Waals surface area (Å²) in [7, 11) is 0. The number of nitrogens with zero attached hydrogens (tertiary/aromatic N) is 3. The molecule has 2 N–H and O–H groups in total. The molecule has 100 valence electrons. The molecule has 2 heterocycles. The molecule has 0 fully saturated rings. The van der Waals surface area contributed by atoms with Crippen molar-refractivity contribution in [3.8, 4) is 0 Å². The van der Waals surface area contributed by atoms with E-state index >= 15 is 0 Å². The van der Waals surface area contributed by atoms with Crippen molar-refractivity contribution in [2.75, 3.05) is 5.32 Å². The highest BCUT2D eigenvalue weighted by Crippen LogP contribution is 2.15. The van der Waals surface area contributed by atoms with Crippen LogP contribution in [0.15, 0.2) is 24.5 Å². The van der Waals surface area contributed by atoms with Gasteiger partial charge in [-0.25, -0.2) is 9.97 Å². The molecular weight excluding hydrogens is 244 g/mol. The summed E-state index contributed by atoms with van der Waals surface area (Å²) in [4.78, 5) is 23.4. The van der Waals surface area contributed by atoms with Gasteiger partial charge in [-0.05, 0) is 18.1 Å². The summed E-state index contributed by atoms with van der Waals surface area (Å²) in [6.45, 7) is 3.95. The number of carboxylic acids is 1. The number of hydrogen-bond acceptors (Lipinski definition) is 5. The smallest absolute Gasteiger partial charge is 0.305 e. The Bertz CT molecular complexity index is 586. The van der Waals surface area contributed by atoms with Crippen LogP contribution in [0.2, 0.25) is 0 Å². The van der Waals surface area contributed by atoms with Crippen LogP contribution in [0.1, 0.15) is 20.3 Å². The van der Waals surface area contributed by atoms with Gasteiger partial charge in [-0.2, -0.15) is 0 Å². The lowest BCUT2D eigenvalue weighted by atomic mass is 10.0. The molecule has 0 amide bonds. The van der Waals surface area contributed by atoms with E-state index in [4.69, 9.17) is 5.11 Å². The molecule has 0 aliphatic rings. The normalized spacial score (nSPS) is 12.6. The highest BCUT2D eigenvalue weighted by atomic mass is 16.4. The Morgan fingerprint density at radius 2 is 2.05 bits per heavy atom. The van der Waals surface area contributed by atoms with Gasteiger partial charge in [-0.1, -0.05) is 13.8 Å². The molecule has 0 aliphatic heterocycles. The predicted octanol–water partition coefficient (Wildman–Crippen LogP) is 1.94. The van der Waals surface area contributed by atoms with Gasteiger partial charge in [0.2, 0.25) is 0 Å². The zero-order valence-electron chi connectivity index (χ0n) is 10.9. The molecule has 0 radical (unpaired) electrons. The van der Waals surface area contributed by atoms with Crippen molar-refractivity contribution in [2.24, 2.45) is 5.92 Å². The first-order chi connectivity index (χ1) is 9.06. The Balaban J connectivity index is 2.21. The topological polar surface area (TPSA) is 88.0 Å². The minimum absolute atomic E-state index is 0.0534. The van der Waals surface area contributed by atoms with Crippen LogP contribution in [-0.2, 0) is 4.79 Å². The van der Waals surface area contributed by atoms with E-state index in [1.54, 1.807) is 18.5 Å². The van der Waals surface area contributed by atoms with Crippen LogP contribution in [0, 0.1) is 5.92 Å². The molecule has 6 heteroatoms. The summed E-state index contributed by atoms with van der Waals surface area (Å²) in [5.74, 6) is -0.0183. The van der Waals surface area contributed by atoms with Crippen molar-refractivity contribution in [1.82, 2.24) is 15.0 Å². The van der Waals surface area contributed by atoms with Crippen LogP contribution in [-0.4, -0.2) is 32.1 Å². The summed E-state index contributed by atoms with van der Waals surface area (Å²) in [6.07, 6.45) is 3.24. The zero-order valence-corrected chi connectivity index (χ0v) is 10.9. The first kappa shape index (κ1) is 13.2. The lowest BCUT2D eigenvalue weighted by molar-refractivity contribution is -0.137. The average molecular weight is 260 g/mol. The van der Waals surface area contributed by atoms with Crippen molar-refractivity contribution in [3.05, 3.63) is 24.5 Å². The molecule has 0 spiro atoms. The predicted molar refractivity (Wildman–Crippen MR) is 71.8 cm³/mol. The number of aliphatic carboxylic acids is 1. The first-order valence-electron chi connectivity index (χ1n) is 6.12. The Hall–Kier alpha value is -2.24. The summed E-state index contributed by atoms with van der Waals surface area (Å²) in [5.41, 5.74) is 1.26. The van der Waals surface area contributed by atoms with E-state index in [0.29, 0.717) is 17.0 Å². The lowest BCUT2D eigenvalue weighted by Crippen LogP contribution is -2.29. The van der Waals surface area contributed by atoms with Crippen LogP contribution < -0.4 is 5.32 Å². The monoisotopic (exact) mass is 260 g/mol. The van der Waals surface area contributed by atoms with Crippen LogP contribution in [0.4, 0.5) is 5.82 Å². The molecule has 2 aromatic rings. The molecule has 0 saturated carbocycles. The van der Waals surface area contributed by atoms with Gasteiger partial charge in [-0.3, -0.25) is 9.78 Å². The maximum atomic E-state index is 10.8. The van der Waals surface area contributed by atoms with Crippen LogP contribution in [0.5, 0.6) is 0 Å². The molecule has 2 aromatic heterocycles. The average Bonchev–Trinajstić information content (AvgIpc) is 2.37. The van der Waals surface area contributed by atoms with Gasteiger partial charge in [-0.15, -0.1) is 0 Å². The van der Waals surface area contributed by atoms with E-state index in [-0.39, 0.29) is 18.4 Å². The van der Waals surface area contributed by atoms with E-state index in [2.05, 4.69) is 20.3 Å². The number of carbonyl (C=O) groups is 1. The number of carboxylic acid groups (broad SMARTS) is 1. The maximum Gasteiger partial charge on any atom is 0.305 e. The molecule has 0 aliphatic carbocycles. The third-order valence-corrected chi connectivity index (χ3v) is 2.86. The van der Waals surface area contributed by atoms with E-state index in [0.717, 1.165) is 0 Å².